The summed E-state index contributed by atoms with van der Waals surface area (Å²) >= 11 is 0. The molecule has 0 aliphatic carbocycles. The Morgan fingerprint density at radius 2 is 2.10 bits per heavy atom. The van der Waals surface area contributed by atoms with Gasteiger partial charge in [0.25, 0.3) is 0 Å². The third kappa shape index (κ3) is 5.22. The maximum absolute atomic E-state index is 13.3. The average molecular weight is 279 g/mol. The highest BCUT2D eigenvalue weighted by Crippen LogP contribution is 2.08. The van der Waals surface area contributed by atoms with Crippen LogP contribution < -0.4 is 5.32 Å². The number of unbranched alkanes of at least 4 members (excludes halogenated alkanes) is 1. The highest BCUT2D eigenvalue weighted by atomic mass is 19.1. The predicted molar refractivity (Wildman–Crippen MR) is 74.5 cm³/mol. The van der Waals surface area contributed by atoms with Gasteiger partial charge in [0.2, 0.25) is 5.91 Å². The van der Waals surface area contributed by atoms with Crippen molar-refractivity contribution in [3.05, 3.63) is 41.7 Å². The van der Waals surface area contributed by atoms with Crippen molar-refractivity contribution in [1.82, 2.24) is 5.32 Å². The SMILES string of the molecule is CCCC[C@H](NC(=O)/C=C/c1ccccc1F)C(=O)O. The number of amides is 1. The number of benzene rings is 1. The fraction of sp³-hybridized carbons (Fsp3) is 0.333. The monoisotopic (exact) mass is 279 g/mol. The van der Waals surface area contributed by atoms with Gasteiger partial charge in [0.15, 0.2) is 0 Å². The van der Waals surface area contributed by atoms with Crippen LogP contribution in [0, 0.1) is 5.82 Å². The molecule has 0 aliphatic rings. The Morgan fingerprint density at radius 1 is 1.40 bits per heavy atom. The summed E-state index contributed by atoms with van der Waals surface area (Å²) in [5.41, 5.74) is 0.281. The van der Waals surface area contributed by atoms with E-state index < -0.39 is 23.7 Å². The fourth-order valence-electron chi connectivity index (χ4n) is 1.66. The van der Waals surface area contributed by atoms with Gasteiger partial charge in [0.1, 0.15) is 11.9 Å². The second-order valence-corrected chi connectivity index (χ2v) is 4.40. The summed E-state index contributed by atoms with van der Waals surface area (Å²) in [6.07, 6.45) is 4.41. The van der Waals surface area contributed by atoms with Crippen LogP contribution in [0.1, 0.15) is 31.7 Å². The Morgan fingerprint density at radius 3 is 2.70 bits per heavy atom. The van der Waals surface area contributed by atoms with E-state index in [1.807, 2.05) is 6.92 Å². The number of carbonyl (C=O) groups is 2. The lowest BCUT2D eigenvalue weighted by Crippen LogP contribution is -2.39. The van der Waals surface area contributed by atoms with Crippen LogP contribution in [-0.4, -0.2) is 23.0 Å². The van der Waals surface area contributed by atoms with E-state index in [2.05, 4.69) is 5.32 Å². The molecule has 0 unspecified atom stereocenters. The number of halogens is 1. The molecule has 5 heteroatoms. The molecule has 108 valence electrons. The first-order valence-electron chi connectivity index (χ1n) is 6.50. The molecule has 0 heterocycles. The first-order valence-corrected chi connectivity index (χ1v) is 6.50. The first kappa shape index (κ1) is 15.9. The third-order valence-corrected chi connectivity index (χ3v) is 2.78. The Kier molecular flexibility index (Phi) is 6.43. The molecule has 0 aliphatic heterocycles. The number of rotatable bonds is 7. The zero-order valence-electron chi connectivity index (χ0n) is 11.3. The third-order valence-electron chi connectivity index (χ3n) is 2.78. The zero-order chi connectivity index (χ0) is 15.0. The molecule has 0 aromatic heterocycles. The Bertz CT molecular complexity index is 500. The molecule has 1 atom stereocenters. The number of aliphatic carboxylic acids is 1. The first-order chi connectivity index (χ1) is 9.54. The highest BCUT2D eigenvalue weighted by molar-refractivity contribution is 5.94. The molecular weight excluding hydrogens is 261 g/mol. The summed E-state index contributed by atoms with van der Waals surface area (Å²) in [5.74, 6) is -2.04. The van der Waals surface area contributed by atoms with Crippen molar-refractivity contribution in [2.75, 3.05) is 0 Å². The molecule has 4 nitrogen and oxygen atoms in total. The van der Waals surface area contributed by atoms with E-state index in [0.717, 1.165) is 12.5 Å². The highest BCUT2D eigenvalue weighted by Gasteiger charge is 2.17. The van der Waals surface area contributed by atoms with Crippen molar-refractivity contribution >= 4 is 18.0 Å². The van der Waals surface area contributed by atoms with Gasteiger partial charge < -0.3 is 10.4 Å². The molecule has 1 aromatic carbocycles. The molecule has 0 saturated heterocycles. The van der Waals surface area contributed by atoms with Crippen LogP contribution in [0.5, 0.6) is 0 Å². The summed E-state index contributed by atoms with van der Waals surface area (Å²) in [5, 5.41) is 11.4. The van der Waals surface area contributed by atoms with Crippen molar-refractivity contribution in [1.29, 1.82) is 0 Å². The van der Waals surface area contributed by atoms with Crippen LogP contribution in [-0.2, 0) is 9.59 Å². The fourth-order valence-corrected chi connectivity index (χ4v) is 1.66. The molecule has 0 fully saturated rings. The predicted octanol–water partition coefficient (Wildman–Crippen LogP) is 2.60. The van der Waals surface area contributed by atoms with E-state index in [9.17, 15) is 14.0 Å². The lowest BCUT2D eigenvalue weighted by Gasteiger charge is -2.12. The Balaban J connectivity index is 2.61. The normalized spacial score (nSPS) is 12.3. The quantitative estimate of drug-likeness (QED) is 0.754. The standard InChI is InChI=1S/C15H18FNO3/c1-2-3-8-13(15(19)20)17-14(18)10-9-11-6-4-5-7-12(11)16/h4-7,9-10,13H,2-3,8H2,1H3,(H,17,18)(H,19,20)/b10-9+/t13-/m0/s1. The molecule has 1 rings (SSSR count). The minimum absolute atomic E-state index is 0.281. The van der Waals surface area contributed by atoms with Crippen LogP contribution >= 0.6 is 0 Å². The lowest BCUT2D eigenvalue weighted by molar-refractivity contribution is -0.141. The maximum Gasteiger partial charge on any atom is 0.326 e. The minimum atomic E-state index is -1.06. The van der Waals surface area contributed by atoms with Crippen molar-refractivity contribution in [2.24, 2.45) is 0 Å². The summed E-state index contributed by atoms with van der Waals surface area (Å²) < 4.78 is 13.3. The van der Waals surface area contributed by atoms with E-state index in [-0.39, 0.29) is 5.56 Å². The van der Waals surface area contributed by atoms with Gasteiger partial charge in [-0.05, 0) is 18.6 Å². The number of carboxylic acid groups (broad SMARTS) is 1. The molecule has 1 amide bonds. The van der Waals surface area contributed by atoms with E-state index in [4.69, 9.17) is 5.11 Å². The van der Waals surface area contributed by atoms with Crippen molar-refractivity contribution in [2.45, 2.75) is 32.2 Å². The summed E-state index contributed by atoms with van der Waals surface area (Å²) in [6, 6.07) is 5.12. The van der Waals surface area contributed by atoms with E-state index >= 15 is 0 Å². The zero-order valence-corrected chi connectivity index (χ0v) is 11.3. The molecule has 0 radical (unpaired) electrons. The second kappa shape index (κ2) is 8.09. The van der Waals surface area contributed by atoms with Gasteiger partial charge in [-0.3, -0.25) is 4.79 Å². The molecular formula is C15H18FNO3. The van der Waals surface area contributed by atoms with E-state index in [0.29, 0.717) is 12.8 Å². The molecule has 0 saturated carbocycles. The van der Waals surface area contributed by atoms with E-state index in [1.165, 1.54) is 18.2 Å². The summed E-state index contributed by atoms with van der Waals surface area (Å²) in [4.78, 5) is 22.6. The smallest absolute Gasteiger partial charge is 0.326 e. The number of hydrogen-bond donors (Lipinski definition) is 2. The molecule has 2 N–H and O–H groups in total. The second-order valence-electron chi connectivity index (χ2n) is 4.40. The van der Waals surface area contributed by atoms with Gasteiger partial charge in [-0.2, -0.15) is 0 Å². The number of carboxylic acids is 1. The van der Waals surface area contributed by atoms with Crippen LogP contribution in [0.2, 0.25) is 0 Å². The van der Waals surface area contributed by atoms with Crippen LogP contribution in [0.4, 0.5) is 4.39 Å². The number of carbonyl (C=O) groups excluding carboxylic acids is 1. The van der Waals surface area contributed by atoms with Gasteiger partial charge in [0, 0.05) is 11.6 Å². The van der Waals surface area contributed by atoms with Gasteiger partial charge in [0.05, 0.1) is 0 Å². The van der Waals surface area contributed by atoms with Gasteiger partial charge in [-0.1, -0.05) is 38.0 Å². The average Bonchev–Trinajstić information content (AvgIpc) is 2.42. The molecule has 20 heavy (non-hydrogen) atoms. The summed E-state index contributed by atoms with van der Waals surface area (Å²) in [6.45, 7) is 1.94. The lowest BCUT2D eigenvalue weighted by atomic mass is 10.1. The Labute approximate surface area is 117 Å². The molecule has 0 bridgehead atoms. The van der Waals surface area contributed by atoms with Gasteiger partial charge in [-0.15, -0.1) is 0 Å². The molecule has 0 spiro atoms. The maximum atomic E-state index is 13.3. The topological polar surface area (TPSA) is 66.4 Å². The van der Waals surface area contributed by atoms with E-state index in [1.54, 1.807) is 12.1 Å². The largest absolute Gasteiger partial charge is 0.480 e. The number of hydrogen-bond acceptors (Lipinski definition) is 2. The van der Waals surface area contributed by atoms with Crippen LogP contribution in [0.3, 0.4) is 0 Å². The van der Waals surface area contributed by atoms with Crippen LogP contribution in [0.25, 0.3) is 6.08 Å². The summed E-state index contributed by atoms with van der Waals surface area (Å²) in [7, 11) is 0. The number of nitrogens with one attached hydrogen (secondary N) is 1. The van der Waals surface area contributed by atoms with Crippen LogP contribution in [0.15, 0.2) is 30.3 Å². The Hall–Kier alpha value is -2.17. The van der Waals surface area contributed by atoms with Crippen molar-refractivity contribution < 1.29 is 19.1 Å². The molecule has 1 aromatic rings. The van der Waals surface area contributed by atoms with Crippen molar-refractivity contribution in [3.63, 3.8) is 0 Å². The van der Waals surface area contributed by atoms with Crippen molar-refractivity contribution in [3.8, 4) is 0 Å². The van der Waals surface area contributed by atoms with Gasteiger partial charge in [-0.25, -0.2) is 9.18 Å². The minimum Gasteiger partial charge on any atom is -0.480 e. The van der Waals surface area contributed by atoms with Gasteiger partial charge >= 0.3 is 5.97 Å².